The lowest BCUT2D eigenvalue weighted by Crippen LogP contribution is -2.54. The fourth-order valence-corrected chi connectivity index (χ4v) is 3.13. The zero-order valence-electron chi connectivity index (χ0n) is 16.8. The Kier molecular flexibility index (Phi) is 6.81. The maximum Gasteiger partial charge on any atom is 0.255 e. The van der Waals surface area contributed by atoms with Crippen molar-refractivity contribution < 1.29 is 23.5 Å². The van der Waals surface area contributed by atoms with Crippen LogP contribution < -0.4 is 10.6 Å². The van der Waals surface area contributed by atoms with Crippen LogP contribution in [-0.2, 0) is 14.3 Å². The fourth-order valence-electron chi connectivity index (χ4n) is 3.13. The lowest BCUT2D eigenvalue weighted by molar-refractivity contribution is -0.128. The van der Waals surface area contributed by atoms with Gasteiger partial charge in [-0.2, -0.15) is 0 Å². The second-order valence-corrected chi connectivity index (χ2v) is 7.85. The molecule has 1 saturated heterocycles. The SMILES string of the molecule is CCC1OCC(=O)C1NC(=O)[C@H](CC(C)(C)CC)NC(=O)c1ccoc1C. The summed E-state index contributed by atoms with van der Waals surface area (Å²) in [6.07, 6.45) is 3.04. The highest BCUT2D eigenvalue weighted by Crippen LogP contribution is 2.27. The number of amides is 2. The second kappa shape index (κ2) is 8.69. The summed E-state index contributed by atoms with van der Waals surface area (Å²) in [7, 11) is 0. The van der Waals surface area contributed by atoms with Gasteiger partial charge in [-0.15, -0.1) is 0 Å². The van der Waals surface area contributed by atoms with Gasteiger partial charge in [0.25, 0.3) is 5.91 Å². The fraction of sp³-hybridized carbons (Fsp3) is 0.650. The van der Waals surface area contributed by atoms with Gasteiger partial charge in [0.1, 0.15) is 24.5 Å². The Bertz CT molecular complexity index is 694. The molecule has 2 amide bonds. The van der Waals surface area contributed by atoms with Crippen LogP contribution in [0.25, 0.3) is 0 Å². The minimum absolute atomic E-state index is 0.00907. The van der Waals surface area contributed by atoms with Gasteiger partial charge in [-0.05, 0) is 31.2 Å². The van der Waals surface area contributed by atoms with Crippen LogP contribution in [0.4, 0.5) is 0 Å². The number of ether oxygens (including phenoxy) is 1. The summed E-state index contributed by atoms with van der Waals surface area (Å²) in [6.45, 7) is 9.74. The third kappa shape index (κ3) is 5.19. The minimum Gasteiger partial charge on any atom is -0.469 e. The van der Waals surface area contributed by atoms with Crippen LogP contribution in [0.1, 0.15) is 63.1 Å². The maximum absolute atomic E-state index is 12.9. The zero-order valence-corrected chi connectivity index (χ0v) is 16.8. The van der Waals surface area contributed by atoms with Crippen molar-refractivity contribution in [1.29, 1.82) is 0 Å². The van der Waals surface area contributed by atoms with Crippen LogP contribution in [0.2, 0.25) is 0 Å². The monoisotopic (exact) mass is 378 g/mol. The first-order valence-electron chi connectivity index (χ1n) is 9.48. The van der Waals surface area contributed by atoms with Crippen LogP contribution in [0, 0.1) is 12.3 Å². The quantitative estimate of drug-likeness (QED) is 0.724. The van der Waals surface area contributed by atoms with E-state index in [-0.39, 0.29) is 35.7 Å². The van der Waals surface area contributed by atoms with Crippen LogP contribution in [-0.4, -0.2) is 42.4 Å². The molecule has 7 nitrogen and oxygen atoms in total. The number of hydrogen-bond acceptors (Lipinski definition) is 5. The van der Waals surface area contributed by atoms with Gasteiger partial charge in [-0.3, -0.25) is 14.4 Å². The van der Waals surface area contributed by atoms with Crippen LogP contribution >= 0.6 is 0 Å². The average molecular weight is 378 g/mol. The summed E-state index contributed by atoms with van der Waals surface area (Å²) < 4.78 is 10.6. The molecule has 0 aromatic carbocycles. The molecule has 0 saturated carbocycles. The van der Waals surface area contributed by atoms with Crippen molar-refractivity contribution in [2.24, 2.45) is 5.41 Å². The number of Topliss-reactive ketones (excluding diaryl/α,β-unsaturated/α-hetero) is 1. The topological polar surface area (TPSA) is 97.6 Å². The molecule has 1 fully saturated rings. The Hall–Kier alpha value is -2.15. The highest BCUT2D eigenvalue weighted by Gasteiger charge is 2.38. The van der Waals surface area contributed by atoms with Crippen molar-refractivity contribution in [3.63, 3.8) is 0 Å². The molecular formula is C20H30N2O5. The Morgan fingerprint density at radius 3 is 2.59 bits per heavy atom. The van der Waals surface area contributed by atoms with Crippen LogP contribution in [0.5, 0.6) is 0 Å². The molecule has 27 heavy (non-hydrogen) atoms. The van der Waals surface area contributed by atoms with E-state index in [4.69, 9.17) is 9.15 Å². The number of ketones is 1. The normalized spacial score (nSPS) is 21.1. The number of nitrogens with one attached hydrogen (secondary N) is 2. The van der Waals surface area contributed by atoms with E-state index >= 15 is 0 Å². The van der Waals surface area contributed by atoms with Gasteiger partial charge in [0, 0.05) is 0 Å². The lowest BCUT2D eigenvalue weighted by Gasteiger charge is -2.29. The molecule has 1 aliphatic heterocycles. The van der Waals surface area contributed by atoms with Crippen molar-refractivity contribution in [1.82, 2.24) is 10.6 Å². The second-order valence-electron chi connectivity index (χ2n) is 7.85. The van der Waals surface area contributed by atoms with Crippen molar-refractivity contribution in [2.45, 2.75) is 72.1 Å². The maximum atomic E-state index is 12.9. The van der Waals surface area contributed by atoms with Crippen molar-refractivity contribution in [2.75, 3.05) is 6.61 Å². The number of furan rings is 1. The zero-order chi connectivity index (χ0) is 20.2. The van der Waals surface area contributed by atoms with Gasteiger partial charge in [0.05, 0.1) is 17.9 Å². The largest absolute Gasteiger partial charge is 0.469 e. The molecule has 7 heteroatoms. The smallest absolute Gasteiger partial charge is 0.255 e. The average Bonchev–Trinajstić information content (AvgIpc) is 3.20. The summed E-state index contributed by atoms with van der Waals surface area (Å²) in [4.78, 5) is 37.6. The number of carbonyl (C=O) groups is 3. The summed E-state index contributed by atoms with van der Waals surface area (Å²) in [5.74, 6) is -0.379. The Morgan fingerprint density at radius 1 is 1.33 bits per heavy atom. The van der Waals surface area contributed by atoms with Gasteiger partial charge in [0.15, 0.2) is 5.78 Å². The van der Waals surface area contributed by atoms with Gasteiger partial charge < -0.3 is 19.8 Å². The summed E-state index contributed by atoms with van der Waals surface area (Å²) >= 11 is 0. The first kappa shape index (κ1) is 21.2. The summed E-state index contributed by atoms with van der Waals surface area (Å²) in [5, 5.41) is 5.60. The molecule has 2 N–H and O–H groups in total. The van der Waals surface area contributed by atoms with Gasteiger partial charge in [0.2, 0.25) is 5.91 Å². The molecule has 0 spiro atoms. The molecule has 2 rings (SSSR count). The van der Waals surface area contributed by atoms with Gasteiger partial charge in [-0.1, -0.05) is 34.1 Å². The molecule has 1 aromatic heterocycles. The van der Waals surface area contributed by atoms with Crippen LogP contribution in [0.3, 0.4) is 0 Å². The van der Waals surface area contributed by atoms with Crippen molar-refractivity contribution in [3.8, 4) is 0 Å². The summed E-state index contributed by atoms with van der Waals surface area (Å²) in [6, 6.07) is 0.154. The van der Waals surface area contributed by atoms with Crippen molar-refractivity contribution in [3.05, 3.63) is 23.7 Å². The molecular weight excluding hydrogens is 348 g/mol. The van der Waals surface area contributed by atoms with E-state index in [0.717, 1.165) is 6.42 Å². The van der Waals surface area contributed by atoms with E-state index in [2.05, 4.69) is 10.6 Å². The van der Waals surface area contributed by atoms with E-state index < -0.39 is 12.1 Å². The summed E-state index contributed by atoms with van der Waals surface area (Å²) in [5.41, 5.74) is 0.245. The van der Waals surface area contributed by atoms with Gasteiger partial charge in [-0.25, -0.2) is 0 Å². The lowest BCUT2D eigenvalue weighted by atomic mass is 9.83. The predicted molar refractivity (Wildman–Crippen MR) is 100 cm³/mol. The first-order chi connectivity index (χ1) is 12.7. The van der Waals surface area contributed by atoms with E-state index in [1.165, 1.54) is 6.26 Å². The molecule has 1 aliphatic rings. The number of rotatable bonds is 8. The standard InChI is InChI=1S/C20H30N2O5/c1-6-16-17(15(23)11-27-16)22-19(25)14(10-20(4,5)7-2)21-18(24)13-8-9-26-12(13)3/h8-9,14,16-17H,6-7,10-11H2,1-5H3,(H,21,24)(H,22,25)/t14-,16?,17?/m0/s1. The van der Waals surface area contributed by atoms with E-state index in [0.29, 0.717) is 24.2 Å². The molecule has 2 heterocycles. The molecule has 1 aromatic rings. The molecule has 0 radical (unpaired) electrons. The number of carbonyl (C=O) groups excluding carboxylic acids is 3. The molecule has 2 unspecified atom stereocenters. The molecule has 150 valence electrons. The van der Waals surface area contributed by atoms with E-state index in [1.807, 2.05) is 27.7 Å². The number of hydrogen-bond donors (Lipinski definition) is 2. The highest BCUT2D eigenvalue weighted by molar-refractivity contribution is 5.99. The third-order valence-corrected chi connectivity index (χ3v) is 5.30. The Balaban J connectivity index is 2.16. The molecule has 0 aliphatic carbocycles. The van der Waals surface area contributed by atoms with Gasteiger partial charge >= 0.3 is 0 Å². The third-order valence-electron chi connectivity index (χ3n) is 5.30. The van der Waals surface area contributed by atoms with E-state index in [9.17, 15) is 14.4 Å². The minimum atomic E-state index is -0.757. The Morgan fingerprint density at radius 2 is 2.04 bits per heavy atom. The molecule has 3 atom stereocenters. The molecule has 0 bridgehead atoms. The number of aryl methyl sites for hydroxylation is 1. The highest BCUT2D eigenvalue weighted by atomic mass is 16.5. The van der Waals surface area contributed by atoms with Crippen LogP contribution in [0.15, 0.2) is 16.7 Å². The first-order valence-corrected chi connectivity index (χ1v) is 9.48. The predicted octanol–water partition coefficient (Wildman–Crippen LogP) is 2.38. The Labute approximate surface area is 160 Å². The van der Waals surface area contributed by atoms with Crippen molar-refractivity contribution >= 4 is 17.6 Å². The van der Waals surface area contributed by atoms with E-state index in [1.54, 1.807) is 13.0 Å².